The van der Waals surface area contributed by atoms with Crippen molar-refractivity contribution in [3.63, 3.8) is 0 Å². The molecule has 0 N–H and O–H groups in total. The Kier molecular flexibility index (Phi) is 4.67. The van der Waals surface area contributed by atoms with Crippen molar-refractivity contribution in [2.24, 2.45) is 0 Å². The zero-order valence-corrected chi connectivity index (χ0v) is 14.9. The van der Waals surface area contributed by atoms with Gasteiger partial charge in [0.2, 0.25) is 0 Å². The lowest BCUT2D eigenvalue weighted by Gasteiger charge is -2.35. The number of nitro benzene ring substituents is 1. The molecule has 0 spiro atoms. The summed E-state index contributed by atoms with van der Waals surface area (Å²) in [6.45, 7) is 2.34. The molecule has 1 amide bonds. The molecule has 3 heterocycles. The van der Waals surface area contributed by atoms with E-state index in [1.165, 1.54) is 30.6 Å². The number of benzene rings is 1. The second-order valence-corrected chi connectivity index (χ2v) is 6.27. The highest BCUT2D eigenvalue weighted by Gasteiger charge is 2.23. The van der Waals surface area contributed by atoms with Crippen molar-refractivity contribution in [3.05, 3.63) is 70.8 Å². The van der Waals surface area contributed by atoms with Crippen LogP contribution in [0.5, 0.6) is 0 Å². The van der Waals surface area contributed by atoms with Crippen LogP contribution in [0, 0.1) is 10.1 Å². The fraction of sp³-hybridized carbons (Fsp3) is 0.222. The average Bonchev–Trinajstić information content (AvgIpc) is 3.28. The number of non-ortho nitro benzene ring substituents is 1. The fourth-order valence-corrected chi connectivity index (χ4v) is 3.09. The summed E-state index contributed by atoms with van der Waals surface area (Å²) < 4.78 is 1.67. The molecule has 4 rings (SSSR count). The molecule has 0 aliphatic carbocycles. The summed E-state index contributed by atoms with van der Waals surface area (Å²) in [5.74, 6) is 1.33. The Hall–Kier alpha value is -3.82. The number of nitro groups is 1. The number of rotatable bonds is 4. The fourth-order valence-electron chi connectivity index (χ4n) is 3.09. The minimum Gasteiger partial charge on any atom is -0.353 e. The second kappa shape index (κ2) is 7.43. The average molecular weight is 379 g/mol. The van der Waals surface area contributed by atoms with E-state index in [2.05, 4.69) is 20.0 Å². The molecule has 1 aliphatic heterocycles. The molecule has 0 bridgehead atoms. The van der Waals surface area contributed by atoms with E-state index in [1.807, 2.05) is 18.3 Å². The number of nitrogens with zero attached hydrogens (tertiary/aromatic N) is 7. The van der Waals surface area contributed by atoms with Crippen LogP contribution in [0.15, 0.2) is 55.1 Å². The first-order valence-corrected chi connectivity index (χ1v) is 8.72. The molecule has 1 aliphatic rings. The lowest BCUT2D eigenvalue weighted by atomic mass is 10.1. The van der Waals surface area contributed by atoms with Gasteiger partial charge in [-0.2, -0.15) is 5.10 Å². The number of hydrogen-bond acceptors (Lipinski definition) is 7. The van der Waals surface area contributed by atoms with E-state index in [9.17, 15) is 14.9 Å². The third-order valence-electron chi connectivity index (χ3n) is 4.59. The molecular formula is C18H17N7O3. The molecule has 0 radical (unpaired) electrons. The first-order chi connectivity index (χ1) is 13.6. The first kappa shape index (κ1) is 17.6. The van der Waals surface area contributed by atoms with Crippen LogP contribution in [0.1, 0.15) is 10.4 Å². The van der Waals surface area contributed by atoms with Gasteiger partial charge in [0.05, 0.1) is 4.92 Å². The van der Waals surface area contributed by atoms with Crippen molar-refractivity contribution in [1.29, 1.82) is 0 Å². The number of anilines is 1. The molecule has 2 aromatic heterocycles. The van der Waals surface area contributed by atoms with E-state index < -0.39 is 4.92 Å². The molecule has 0 unspecified atom stereocenters. The number of aromatic nitrogens is 4. The highest BCUT2D eigenvalue weighted by atomic mass is 16.6. The van der Waals surface area contributed by atoms with Gasteiger partial charge in [-0.15, -0.1) is 0 Å². The van der Waals surface area contributed by atoms with Crippen LogP contribution in [-0.4, -0.2) is 61.7 Å². The van der Waals surface area contributed by atoms with Crippen LogP contribution < -0.4 is 4.90 Å². The van der Waals surface area contributed by atoms with Crippen LogP contribution in [0.25, 0.3) is 5.82 Å². The summed E-state index contributed by atoms with van der Waals surface area (Å²) in [4.78, 5) is 35.3. The lowest BCUT2D eigenvalue weighted by molar-refractivity contribution is -0.384. The summed E-state index contributed by atoms with van der Waals surface area (Å²) >= 11 is 0. The van der Waals surface area contributed by atoms with E-state index in [0.717, 1.165) is 5.82 Å². The van der Waals surface area contributed by atoms with Gasteiger partial charge >= 0.3 is 0 Å². The maximum absolute atomic E-state index is 12.6. The quantitative estimate of drug-likeness (QED) is 0.499. The van der Waals surface area contributed by atoms with Gasteiger partial charge in [-0.1, -0.05) is 0 Å². The van der Waals surface area contributed by atoms with Crippen LogP contribution in [0.4, 0.5) is 11.5 Å². The number of carbonyl (C=O) groups excluding carboxylic acids is 1. The summed E-state index contributed by atoms with van der Waals surface area (Å²) in [5, 5.41) is 14.9. The van der Waals surface area contributed by atoms with Crippen LogP contribution >= 0.6 is 0 Å². The standard InChI is InChI=1S/C18H17N7O3/c26-18(14-2-4-15(5-3-14)25(27)28)23-10-8-22(9-11-23)16-12-17(20-13-19-16)24-7-1-6-21-24/h1-7,12-13H,8-11H2. The van der Waals surface area contributed by atoms with Crippen molar-refractivity contribution in [3.8, 4) is 5.82 Å². The monoisotopic (exact) mass is 379 g/mol. The van der Waals surface area contributed by atoms with E-state index in [1.54, 1.807) is 15.8 Å². The Morgan fingerprint density at radius 1 is 1.04 bits per heavy atom. The van der Waals surface area contributed by atoms with Gasteiger partial charge in [0.25, 0.3) is 11.6 Å². The van der Waals surface area contributed by atoms with Crippen molar-refractivity contribution >= 4 is 17.4 Å². The molecule has 0 saturated carbocycles. The van der Waals surface area contributed by atoms with Crippen LogP contribution in [0.2, 0.25) is 0 Å². The molecule has 3 aromatic rings. The molecule has 142 valence electrons. The molecular weight excluding hydrogens is 362 g/mol. The molecule has 10 nitrogen and oxygen atoms in total. The molecule has 0 atom stereocenters. The normalized spacial score (nSPS) is 14.1. The van der Waals surface area contributed by atoms with E-state index in [-0.39, 0.29) is 11.6 Å². The highest BCUT2D eigenvalue weighted by molar-refractivity contribution is 5.94. The van der Waals surface area contributed by atoms with E-state index in [4.69, 9.17) is 0 Å². The highest BCUT2D eigenvalue weighted by Crippen LogP contribution is 2.18. The minimum absolute atomic E-state index is 0.0295. The molecule has 1 aromatic carbocycles. The second-order valence-electron chi connectivity index (χ2n) is 6.27. The smallest absolute Gasteiger partial charge is 0.269 e. The van der Waals surface area contributed by atoms with Crippen molar-refractivity contribution in [1.82, 2.24) is 24.6 Å². The largest absolute Gasteiger partial charge is 0.353 e. The number of carbonyl (C=O) groups is 1. The number of hydrogen-bond donors (Lipinski definition) is 0. The predicted molar refractivity (Wildman–Crippen MR) is 100 cm³/mol. The van der Waals surface area contributed by atoms with Gasteiger partial charge in [0, 0.05) is 62.3 Å². The molecule has 10 heteroatoms. The zero-order chi connectivity index (χ0) is 19.5. The summed E-state index contributed by atoms with van der Waals surface area (Å²) in [6.07, 6.45) is 5.00. The predicted octanol–water partition coefficient (Wildman–Crippen LogP) is 1.53. The first-order valence-electron chi connectivity index (χ1n) is 8.72. The minimum atomic E-state index is -0.480. The van der Waals surface area contributed by atoms with Crippen molar-refractivity contribution in [2.75, 3.05) is 31.1 Å². The van der Waals surface area contributed by atoms with Gasteiger partial charge in [0.1, 0.15) is 12.1 Å². The summed E-state index contributed by atoms with van der Waals surface area (Å²) in [7, 11) is 0. The number of piperazine rings is 1. The van der Waals surface area contributed by atoms with Gasteiger partial charge in [-0.3, -0.25) is 14.9 Å². The van der Waals surface area contributed by atoms with Gasteiger partial charge in [-0.25, -0.2) is 14.6 Å². The Balaban J connectivity index is 1.41. The van der Waals surface area contributed by atoms with Gasteiger partial charge < -0.3 is 9.80 Å². The third kappa shape index (κ3) is 3.52. The Morgan fingerprint density at radius 3 is 2.39 bits per heavy atom. The number of amides is 1. The van der Waals surface area contributed by atoms with Gasteiger partial charge in [0.15, 0.2) is 5.82 Å². The lowest BCUT2D eigenvalue weighted by Crippen LogP contribution is -2.49. The Bertz CT molecular complexity index is 981. The maximum atomic E-state index is 12.6. The SMILES string of the molecule is O=C(c1ccc([N+](=O)[O-])cc1)N1CCN(c2cc(-n3cccn3)ncn2)CC1. The van der Waals surface area contributed by atoms with Gasteiger partial charge in [-0.05, 0) is 18.2 Å². The zero-order valence-electron chi connectivity index (χ0n) is 14.9. The topological polar surface area (TPSA) is 110 Å². The van der Waals surface area contributed by atoms with Crippen LogP contribution in [0.3, 0.4) is 0 Å². The molecule has 1 saturated heterocycles. The van der Waals surface area contributed by atoms with Crippen molar-refractivity contribution < 1.29 is 9.72 Å². The van der Waals surface area contributed by atoms with E-state index >= 15 is 0 Å². The maximum Gasteiger partial charge on any atom is 0.269 e. The van der Waals surface area contributed by atoms with Crippen LogP contribution in [-0.2, 0) is 0 Å². The molecule has 1 fully saturated rings. The third-order valence-corrected chi connectivity index (χ3v) is 4.59. The molecule has 28 heavy (non-hydrogen) atoms. The van der Waals surface area contributed by atoms with Crippen molar-refractivity contribution in [2.45, 2.75) is 0 Å². The Labute approximate surface area is 160 Å². The Morgan fingerprint density at radius 2 is 1.75 bits per heavy atom. The van der Waals surface area contributed by atoms with E-state index in [0.29, 0.717) is 37.6 Å². The summed E-state index contributed by atoms with van der Waals surface area (Å²) in [5.41, 5.74) is 0.417. The summed E-state index contributed by atoms with van der Waals surface area (Å²) in [6, 6.07) is 9.37.